The fourth-order valence-electron chi connectivity index (χ4n) is 1.89. The normalized spacial score (nSPS) is 12.3. The third-order valence-electron chi connectivity index (χ3n) is 3.38. The molecule has 0 bridgehead atoms. The van der Waals surface area contributed by atoms with Gasteiger partial charge in [0.25, 0.3) is 0 Å². The number of benzene rings is 1. The van der Waals surface area contributed by atoms with Crippen LogP contribution in [0.2, 0.25) is 0 Å². The van der Waals surface area contributed by atoms with E-state index in [-0.39, 0.29) is 0 Å². The van der Waals surface area contributed by atoms with E-state index in [0.29, 0.717) is 6.04 Å². The predicted octanol–water partition coefficient (Wildman–Crippen LogP) is 3.75. The summed E-state index contributed by atoms with van der Waals surface area (Å²) >= 11 is 1.73. The zero-order valence-corrected chi connectivity index (χ0v) is 13.2. The summed E-state index contributed by atoms with van der Waals surface area (Å²) in [6.45, 7) is 5.40. The number of aromatic nitrogens is 1. The molecule has 0 aliphatic rings. The van der Waals surface area contributed by atoms with Gasteiger partial charge in [-0.25, -0.2) is 4.98 Å². The van der Waals surface area contributed by atoms with Gasteiger partial charge in [0.2, 0.25) is 0 Å². The number of nitrogens with zero attached hydrogens (tertiary/aromatic N) is 1. The number of hydrogen-bond acceptors (Lipinski definition) is 4. The molecule has 0 amide bonds. The highest BCUT2D eigenvalue weighted by Crippen LogP contribution is 2.24. The Bertz CT molecular complexity index is 522. The number of rotatable bonds is 7. The second kappa shape index (κ2) is 7.41. The van der Waals surface area contributed by atoms with Gasteiger partial charge in [-0.15, -0.1) is 11.3 Å². The molecule has 0 spiro atoms. The van der Waals surface area contributed by atoms with Crippen molar-refractivity contribution in [1.82, 2.24) is 10.3 Å². The zero-order chi connectivity index (χ0) is 14.4. The minimum absolute atomic E-state index is 0.580. The van der Waals surface area contributed by atoms with Crippen LogP contribution in [-0.2, 0) is 6.42 Å². The van der Waals surface area contributed by atoms with E-state index in [4.69, 9.17) is 9.72 Å². The fourth-order valence-corrected chi connectivity index (χ4v) is 2.70. The Balaban J connectivity index is 1.94. The number of methoxy groups -OCH3 is 1. The van der Waals surface area contributed by atoms with E-state index >= 15 is 0 Å². The summed E-state index contributed by atoms with van der Waals surface area (Å²) in [5, 5.41) is 6.81. The SMILES string of the molecule is CCC(C)NCCc1nc(-c2ccc(OC)cc2)cs1. The summed E-state index contributed by atoms with van der Waals surface area (Å²) in [6, 6.07) is 8.62. The topological polar surface area (TPSA) is 34.2 Å². The van der Waals surface area contributed by atoms with Crippen LogP contribution in [0.25, 0.3) is 11.3 Å². The van der Waals surface area contributed by atoms with Crippen molar-refractivity contribution >= 4 is 11.3 Å². The molecule has 0 fully saturated rings. The van der Waals surface area contributed by atoms with E-state index in [1.54, 1.807) is 18.4 Å². The van der Waals surface area contributed by atoms with Crippen LogP contribution in [0.4, 0.5) is 0 Å². The lowest BCUT2D eigenvalue weighted by Crippen LogP contribution is -2.27. The quantitative estimate of drug-likeness (QED) is 0.843. The maximum absolute atomic E-state index is 5.17. The summed E-state index contributed by atoms with van der Waals surface area (Å²) in [7, 11) is 1.68. The average molecular weight is 290 g/mol. The molecule has 0 saturated heterocycles. The second-order valence-corrected chi connectivity index (χ2v) is 5.81. The number of nitrogens with one attached hydrogen (secondary N) is 1. The first-order valence-electron chi connectivity index (χ1n) is 7.05. The van der Waals surface area contributed by atoms with Crippen molar-refractivity contribution in [3.63, 3.8) is 0 Å². The van der Waals surface area contributed by atoms with Crippen molar-refractivity contribution in [3.8, 4) is 17.0 Å². The first kappa shape index (κ1) is 15.0. The van der Waals surface area contributed by atoms with Crippen molar-refractivity contribution in [2.45, 2.75) is 32.7 Å². The van der Waals surface area contributed by atoms with Crippen molar-refractivity contribution in [2.24, 2.45) is 0 Å². The van der Waals surface area contributed by atoms with Gasteiger partial charge in [-0.3, -0.25) is 0 Å². The first-order valence-corrected chi connectivity index (χ1v) is 7.93. The smallest absolute Gasteiger partial charge is 0.118 e. The van der Waals surface area contributed by atoms with E-state index in [1.165, 1.54) is 5.01 Å². The lowest BCUT2D eigenvalue weighted by Gasteiger charge is -2.09. The second-order valence-electron chi connectivity index (χ2n) is 4.87. The molecule has 3 nitrogen and oxygen atoms in total. The van der Waals surface area contributed by atoms with Gasteiger partial charge >= 0.3 is 0 Å². The lowest BCUT2D eigenvalue weighted by atomic mass is 10.2. The molecule has 0 aliphatic heterocycles. The Morgan fingerprint density at radius 2 is 2.05 bits per heavy atom. The minimum Gasteiger partial charge on any atom is -0.497 e. The maximum Gasteiger partial charge on any atom is 0.118 e. The van der Waals surface area contributed by atoms with Gasteiger partial charge in [0.15, 0.2) is 0 Å². The molecule has 1 N–H and O–H groups in total. The molecular formula is C16H22N2OS. The standard InChI is InChI=1S/C16H22N2OS/c1-4-12(2)17-10-9-16-18-15(11-20-16)13-5-7-14(19-3)8-6-13/h5-8,11-12,17H,4,9-10H2,1-3H3. The monoisotopic (exact) mass is 290 g/mol. The molecular weight excluding hydrogens is 268 g/mol. The molecule has 0 saturated carbocycles. The summed E-state index contributed by atoms with van der Waals surface area (Å²) in [4.78, 5) is 4.70. The highest BCUT2D eigenvalue weighted by Gasteiger charge is 2.05. The molecule has 1 aromatic carbocycles. The fraction of sp³-hybridized carbons (Fsp3) is 0.438. The maximum atomic E-state index is 5.17. The number of thiazole rings is 1. The highest BCUT2D eigenvalue weighted by molar-refractivity contribution is 7.09. The van der Waals surface area contributed by atoms with Crippen LogP contribution in [0.3, 0.4) is 0 Å². The van der Waals surface area contributed by atoms with Crippen LogP contribution in [0.15, 0.2) is 29.6 Å². The summed E-state index contributed by atoms with van der Waals surface area (Å²) in [5.74, 6) is 0.877. The largest absolute Gasteiger partial charge is 0.497 e. The van der Waals surface area contributed by atoms with Crippen molar-refractivity contribution in [1.29, 1.82) is 0 Å². The average Bonchev–Trinajstić information content (AvgIpc) is 2.96. The van der Waals surface area contributed by atoms with Gasteiger partial charge in [0.1, 0.15) is 5.75 Å². The molecule has 1 unspecified atom stereocenters. The van der Waals surface area contributed by atoms with E-state index in [9.17, 15) is 0 Å². The van der Waals surface area contributed by atoms with Gasteiger partial charge in [-0.2, -0.15) is 0 Å². The van der Waals surface area contributed by atoms with Gasteiger partial charge in [-0.1, -0.05) is 6.92 Å². The summed E-state index contributed by atoms with van der Waals surface area (Å²) < 4.78 is 5.17. The van der Waals surface area contributed by atoms with E-state index < -0.39 is 0 Å². The third kappa shape index (κ3) is 4.05. The molecule has 0 aliphatic carbocycles. The number of ether oxygens (including phenoxy) is 1. The molecule has 1 atom stereocenters. The molecule has 2 rings (SSSR count). The van der Waals surface area contributed by atoms with Crippen LogP contribution in [0.1, 0.15) is 25.3 Å². The van der Waals surface area contributed by atoms with Gasteiger partial charge in [0.05, 0.1) is 17.8 Å². The number of hydrogen-bond donors (Lipinski definition) is 1. The first-order chi connectivity index (χ1) is 9.72. The van der Waals surface area contributed by atoms with E-state index in [1.807, 2.05) is 12.1 Å². The molecule has 108 valence electrons. The molecule has 2 aromatic rings. The Morgan fingerprint density at radius 1 is 1.30 bits per heavy atom. The molecule has 20 heavy (non-hydrogen) atoms. The summed E-state index contributed by atoms with van der Waals surface area (Å²) in [5.41, 5.74) is 2.19. The minimum atomic E-state index is 0.580. The highest BCUT2D eigenvalue weighted by atomic mass is 32.1. The Kier molecular flexibility index (Phi) is 5.56. The summed E-state index contributed by atoms with van der Waals surface area (Å²) in [6.07, 6.45) is 2.15. The molecule has 0 radical (unpaired) electrons. The van der Waals surface area contributed by atoms with Crippen LogP contribution < -0.4 is 10.1 Å². The van der Waals surface area contributed by atoms with Crippen molar-refractivity contribution < 1.29 is 4.74 Å². The van der Waals surface area contributed by atoms with Crippen molar-refractivity contribution in [3.05, 3.63) is 34.7 Å². The van der Waals surface area contributed by atoms with Crippen molar-refractivity contribution in [2.75, 3.05) is 13.7 Å². The molecule has 1 aromatic heterocycles. The van der Waals surface area contributed by atoms with E-state index in [2.05, 4.69) is 36.7 Å². The van der Waals surface area contributed by atoms with Gasteiger partial charge in [-0.05, 0) is 37.6 Å². The van der Waals surface area contributed by atoms with Gasteiger partial charge in [0, 0.05) is 30.0 Å². The van der Waals surface area contributed by atoms with E-state index in [0.717, 1.165) is 36.4 Å². The van der Waals surface area contributed by atoms with Gasteiger partial charge < -0.3 is 10.1 Å². The zero-order valence-electron chi connectivity index (χ0n) is 12.3. The van der Waals surface area contributed by atoms with Crippen LogP contribution >= 0.6 is 11.3 Å². The molecule has 4 heteroatoms. The Hall–Kier alpha value is -1.39. The van der Waals surface area contributed by atoms with Crippen LogP contribution in [-0.4, -0.2) is 24.7 Å². The Morgan fingerprint density at radius 3 is 2.70 bits per heavy atom. The van der Waals surface area contributed by atoms with Crippen LogP contribution in [0.5, 0.6) is 5.75 Å². The predicted molar refractivity (Wildman–Crippen MR) is 85.6 cm³/mol. The third-order valence-corrected chi connectivity index (χ3v) is 4.29. The van der Waals surface area contributed by atoms with Crippen LogP contribution in [0, 0.1) is 0 Å². The molecule has 1 heterocycles. The Labute approximate surface area is 125 Å². The lowest BCUT2D eigenvalue weighted by molar-refractivity contribution is 0.415.